The van der Waals surface area contributed by atoms with Crippen molar-refractivity contribution in [2.24, 2.45) is 0 Å². The summed E-state index contributed by atoms with van der Waals surface area (Å²) in [6.45, 7) is 0.0431. The second kappa shape index (κ2) is 7.43. The van der Waals surface area contributed by atoms with Gasteiger partial charge in [-0.25, -0.2) is 14.8 Å². The molecular weight excluding hydrogens is 333 g/mol. The maximum absolute atomic E-state index is 12.3. The predicted octanol–water partition coefficient (Wildman–Crippen LogP) is 0.927. The summed E-state index contributed by atoms with van der Waals surface area (Å²) in [7, 11) is 0. The number of nitrogens with zero attached hydrogens (tertiary/aromatic N) is 2. The zero-order chi connectivity index (χ0) is 17.7. The van der Waals surface area contributed by atoms with Gasteiger partial charge in [0.15, 0.2) is 0 Å². The van der Waals surface area contributed by atoms with Gasteiger partial charge in [-0.3, -0.25) is 4.79 Å². The van der Waals surface area contributed by atoms with Gasteiger partial charge in [0.25, 0.3) is 0 Å². The van der Waals surface area contributed by atoms with Gasteiger partial charge in [0, 0.05) is 24.5 Å². The number of carbonyl (C=O) groups excluding carboxylic acids is 1. The first kappa shape index (κ1) is 17.9. The first-order chi connectivity index (χ1) is 11.3. The van der Waals surface area contributed by atoms with E-state index in [1.807, 2.05) is 0 Å². The minimum atomic E-state index is -4.61. The van der Waals surface area contributed by atoms with Gasteiger partial charge in [-0.05, 0) is 12.8 Å². The Bertz CT molecular complexity index is 586. The average Bonchev–Trinajstić information content (AvgIpc) is 2.52. The molecule has 1 aromatic rings. The average molecular weight is 348 g/mol. The minimum absolute atomic E-state index is 0.0341. The molecule has 2 heterocycles. The molecule has 0 saturated carbocycles. The molecule has 8 nitrogen and oxygen atoms in total. The van der Waals surface area contributed by atoms with Crippen LogP contribution in [-0.2, 0) is 22.3 Å². The highest BCUT2D eigenvalue weighted by Crippen LogP contribution is 2.25. The standard InChI is InChI=1S/C13H15F3N4O4/c14-13(15,16)11-18-4-7(5-19-11)3-17-10(21)9-2-1-8(6-24-9)20-12(22)23/h4-5,8-9,20H,1-3,6H2,(H,17,21)(H,22,23)/t8-,9+/m1/s1. The summed E-state index contributed by atoms with van der Waals surface area (Å²) < 4.78 is 42.3. The monoisotopic (exact) mass is 348 g/mol. The molecule has 2 amide bonds. The van der Waals surface area contributed by atoms with E-state index in [1.165, 1.54) is 0 Å². The Balaban J connectivity index is 1.78. The van der Waals surface area contributed by atoms with Crippen molar-refractivity contribution in [2.75, 3.05) is 6.61 Å². The van der Waals surface area contributed by atoms with Crippen molar-refractivity contribution in [1.82, 2.24) is 20.6 Å². The van der Waals surface area contributed by atoms with Crippen LogP contribution in [0.1, 0.15) is 24.2 Å². The molecule has 0 spiro atoms. The molecule has 0 unspecified atom stereocenters. The van der Waals surface area contributed by atoms with E-state index < -0.39 is 30.1 Å². The van der Waals surface area contributed by atoms with Crippen LogP contribution in [0.5, 0.6) is 0 Å². The van der Waals surface area contributed by atoms with Crippen molar-refractivity contribution in [1.29, 1.82) is 0 Å². The van der Waals surface area contributed by atoms with Gasteiger partial charge in [0.05, 0.1) is 12.6 Å². The zero-order valence-electron chi connectivity index (χ0n) is 12.3. The Kier molecular flexibility index (Phi) is 5.54. The molecule has 1 aliphatic heterocycles. The van der Waals surface area contributed by atoms with E-state index in [0.29, 0.717) is 18.4 Å². The molecular formula is C13H15F3N4O4. The van der Waals surface area contributed by atoms with E-state index in [0.717, 1.165) is 12.4 Å². The van der Waals surface area contributed by atoms with Gasteiger partial charge in [-0.2, -0.15) is 13.2 Å². The summed E-state index contributed by atoms with van der Waals surface area (Å²) in [6, 6.07) is -0.366. The maximum atomic E-state index is 12.3. The lowest BCUT2D eigenvalue weighted by atomic mass is 10.0. The molecule has 11 heteroatoms. The lowest BCUT2D eigenvalue weighted by Crippen LogP contribution is -2.46. The summed E-state index contributed by atoms with van der Waals surface area (Å²) in [4.78, 5) is 28.8. The molecule has 1 aliphatic rings. The Morgan fingerprint density at radius 1 is 1.29 bits per heavy atom. The van der Waals surface area contributed by atoms with E-state index in [1.54, 1.807) is 0 Å². The summed E-state index contributed by atoms with van der Waals surface area (Å²) in [5.74, 6) is -1.67. The van der Waals surface area contributed by atoms with Crippen LogP contribution in [0.3, 0.4) is 0 Å². The third kappa shape index (κ3) is 5.05. The number of halogens is 3. The van der Waals surface area contributed by atoms with Crippen LogP contribution in [-0.4, -0.2) is 45.8 Å². The molecule has 1 aromatic heterocycles. The lowest BCUT2D eigenvalue weighted by Gasteiger charge is -2.28. The quantitative estimate of drug-likeness (QED) is 0.746. The lowest BCUT2D eigenvalue weighted by molar-refractivity contribution is -0.145. The topological polar surface area (TPSA) is 113 Å². The van der Waals surface area contributed by atoms with Gasteiger partial charge in [-0.1, -0.05) is 0 Å². The van der Waals surface area contributed by atoms with Gasteiger partial charge in [0.1, 0.15) is 6.10 Å². The highest BCUT2D eigenvalue weighted by Gasteiger charge is 2.34. The number of nitrogens with one attached hydrogen (secondary N) is 2. The zero-order valence-corrected chi connectivity index (χ0v) is 12.3. The second-order valence-corrected chi connectivity index (χ2v) is 5.18. The highest BCUT2D eigenvalue weighted by atomic mass is 19.4. The summed E-state index contributed by atoms with van der Waals surface area (Å²) in [6.07, 6.45) is -3.73. The van der Waals surface area contributed by atoms with Crippen LogP contribution < -0.4 is 10.6 Å². The largest absolute Gasteiger partial charge is 0.465 e. The van der Waals surface area contributed by atoms with Crippen LogP contribution >= 0.6 is 0 Å². The molecule has 24 heavy (non-hydrogen) atoms. The van der Waals surface area contributed by atoms with Crippen LogP contribution in [0.4, 0.5) is 18.0 Å². The summed E-state index contributed by atoms with van der Waals surface area (Å²) in [5.41, 5.74) is 0.317. The Morgan fingerprint density at radius 2 is 1.96 bits per heavy atom. The number of hydrogen-bond donors (Lipinski definition) is 3. The second-order valence-electron chi connectivity index (χ2n) is 5.18. The molecule has 0 bridgehead atoms. The molecule has 1 fully saturated rings. The fourth-order valence-corrected chi connectivity index (χ4v) is 2.14. The highest BCUT2D eigenvalue weighted by molar-refractivity contribution is 5.80. The molecule has 132 valence electrons. The van der Waals surface area contributed by atoms with Crippen LogP contribution in [0.2, 0.25) is 0 Å². The summed E-state index contributed by atoms with van der Waals surface area (Å²) in [5, 5.41) is 13.4. The molecule has 0 radical (unpaired) electrons. The van der Waals surface area contributed by atoms with Crippen molar-refractivity contribution in [2.45, 2.75) is 37.7 Å². The molecule has 3 N–H and O–H groups in total. The van der Waals surface area contributed by atoms with E-state index in [2.05, 4.69) is 20.6 Å². The third-order valence-corrected chi connectivity index (χ3v) is 3.32. The third-order valence-electron chi connectivity index (χ3n) is 3.32. The first-order valence-corrected chi connectivity index (χ1v) is 7.02. The van der Waals surface area contributed by atoms with Gasteiger partial charge in [-0.15, -0.1) is 0 Å². The molecule has 2 atom stereocenters. The number of rotatable bonds is 4. The fraction of sp³-hybridized carbons (Fsp3) is 0.538. The molecule has 0 aromatic carbocycles. The minimum Gasteiger partial charge on any atom is -0.465 e. The Hall–Kier alpha value is -2.43. The van der Waals surface area contributed by atoms with Crippen LogP contribution in [0.25, 0.3) is 0 Å². The molecule has 2 rings (SSSR count). The van der Waals surface area contributed by atoms with Crippen molar-refractivity contribution in [3.63, 3.8) is 0 Å². The van der Waals surface area contributed by atoms with E-state index >= 15 is 0 Å². The van der Waals surface area contributed by atoms with Crippen LogP contribution in [0, 0.1) is 0 Å². The van der Waals surface area contributed by atoms with Crippen molar-refractivity contribution < 1.29 is 32.6 Å². The normalized spacial score (nSPS) is 21.1. The number of carbonyl (C=O) groups is 2. The number of carboxylic acid groups (broad SMARTS) is 1. The molecule has 0 aliphatic carbocycles. The number of amides is 2. The summed E-state index contributed by atoms with van der Waals surface area (Å²) >= 11 is 0. The van der Waals surface area contributed by atoms with Gasteiger partial charge < -0.3 is 20.5 Å². The van der Waals surface area contributed by atoms with Crippen molar-refractivity contribution in [3.05, 3.63) is 23.8 Å². The van der Waals surface area contributed by atoms with Gasteiger partial charge >= 0.3 is 12.3 Å². The van der Waals surface area contributed by atoms with E-state index in [-0.39, 0.29) is 19.2 Å². The fourth-order valence-electron chi connectivity index (χ4n) is 2.14. The van der Waals surface area contributed by atoms with Crippen molar-refractivity contribution in [3.8, 4) is 0 Å². The number of hydrogen-bond acceptors (Lipinski definition) is 5. The van der Waals surface area contributed by atoms with Gasteiger partial charge in [0.2, 0.25) is 11.7 Å². The SMILES string of the molecule is O=C(O)N[C@@H]1CC[C@@H](C(=O)NCc2cnc(C(F)(F)F)nc2)OC1. The number of ether oxygens (including phenoxy) is 1. The smallest absolute Gasteiger partial charge is 0.451 e. The Labute approximate surface area is 134 Å². The maximum Gasteiger partial charge on any atom is 0.451 e. The van der Waals surface area contributed by atoms with Crippen LogP contribution in [0.15, 0.2) is 12.4 Å². The van der Waals surface area contributed by atoms with E-state index in [9.17, 15) is 22.8 Å². The number of alkyl halides is 3. The molecule has 1 saturated heterocycles. The predicted molar refractivity (Wildman–Crippen MR) is 72.8 cm³/mol. The Morgan fingerprint density at radius 3 is 2.46 bits per heavy atom. The van der Waals surface area contributed by atoms with Crippen molar-refractivity contribution >= 4 is 12.0 Å². The first-order valence-electron chi connectivity index (χ1n) is 7.02. The number of aromatic nitrogens is 2. The van der Waals surface area contributed by atoms with E-state index in [4.69, 9.17) is 9.84 Å².